The predicted molar refractivity (Wildman–Crippen MR) is 102 cm³/mol. The van der Waals surface area contributed by atoms with Crippen LogP contribution in [0.5, 0.6) is 0 Å². The second kappa shape index (κ2) is 7.08. The first kappa shape index (κ1) is 17.0. The molecule has 27 heavy (non-hydrogen) atoms. The first-order chi connectivity index (χ1) is 13.2. The molecule has 0 spiro atoms. The van der Waals surface area contributed by atoms with Crippen molar-refractivity contribution in [1.29, 1.82) is 0 Å². The standard InChI is InChI=1S/C18H15ClN6O2/c1-26-22-14(11-6-8-12(19)9-7-11)10-25-15-5-3-2-4-13(15)21-18(25)16-17(20)24-27-23-16/h2-9H,10H2,1H3,(H2,20,24). The van der Waals surface area contributed by atoms with E-state index in [1.807, 2.05) is 41.0 Å². The van der Waals surface area contributed by atoms with E-state index in [1.165, 1.54) is 7.11 Å². The number of imidazole rings is 1. The van der Waals surface area contributed by atoms with Crippen LogP contribution in [0.15, 0.2) is 58.3 Å². The van der Waals surface area contributed by atoms with Gasteiger partial charge in [-0.25, -0.2) is 9.61 Å². The number of benzene rings is 2. The first-order valence-corrected chi connectivity index (χ1v) is 8.45. The van der Waals surface area contributed by atoms with Gasteiger partial charge in [0.05, 0.1) is 17.6 Å². The summed E-state index contributed by atoms with van der Waals surface area (Å²) in [5, 5.41) is 12.4. The quantitative estimate of drug-likeness (QED) is 0.419. The van der Waals surface area contributed by atoms with Crippen molar-refractivity contribution in [2.75, 3.05) is 12.8 Å². The molecule has 2 N–H and O–H groups in total. The molecule has 0 fully saturated rings. The van der Waals surface area contributed by atoms with Crippen LogP contribution in [0.3, 0.4) is 0 Å². The molecular weight excluding hydrogens is 368 g/mol. The number of fused-ring (bicyclic) bond motifs is 1. The molecule has 0 unspecified atom stereocenters. The summed E-state index contributed by atoms with van der Waals surface area (Å²) in [6.45, 7) is 0.373. The zero-order valence-electron chi connectivity index (χ0n) is 14.3. The zero-order chi connectivity index (χ0) is 18.8. The van der Waals surface area contributed by atoms with E-state index in [-0.39, 0.29) is 5.82 Å². The minimum absolute atomic E-state index is 0.170. The number of rotatable bonds is 5. The fourth-order valence-electron chi connectivity index (χ4n) is 2.84. The van der Waals surface area contributed by atoms with Crippen LogP contribution in [0.1, 0.15) is 5.56 Å². The van der Waals surface area contributed by atoms with E-state index in [1.54, 1.807) is 12.1 Å². The van der Waals surface area contributed by atoms with Crippen molar-refractivity contribution < 1.29 is 9.47 Å². The molecule has 0 amide bonds. The summed E-state index contributed by atoms with van der Waals surface area (Å²) in [6.07, 6.45) is 0. The number of halogens is 1. The molecule has 8 nitrogen and oxygen atoms in total. The Bertz CT molecular complexity index is 1120. The summed E-state index contributed by atoms with van der Waals surface area (Å²) in [7, 11) is 1.50. The molecule has 136 valence electrons. The Labute approximate surface area is 159 Å². The van der Waals surface area contributed by atoms with Gasteiger partial charge in [0.15, 0.2) is 17.3 Å². The number of aromatic nitrogens is 4. The number of para-hydroxylation sites is 2. The molecular formula is C18H15ClN6O2. The van der Waals surface area contributed by atoms with Gasteiger partial charge in [-0.05, 0) is 34.6 Å². The van der Waals surface area contributed by atoms with Gasteiger partial charge < -0.3 is 15.1 Å². The zero-order valence-corrected chi connectivity index (χ0v) is 15.1. The summed E-state index contributed by atoms with van der Waals surface area (Å²) in [5.41, 5.74) is 9.51. The monoisotopic (exact) mass is 382 g/mol. The molecule has 0 radical (unpaired) electrons. The fraction of sp³-hybridized carbons (Fsp3) is 0.111. The first-order valence-electron chi connectivity index (χ1n) is 8.07. The maximum atomic E-state index is 6.00. The van der Waals surface area contributed by atoms with Gasteiger partial charge in [0.25, 0.3) is 0 Å². The number of nitrogens with zero attached hydrogens (tertiary/aromatic N) is 5. The topological polar surface area (TPSA) is 104 Å². The van der Waals surface area contributed by atoms with E-state index >= 15 is 0 Å². The van der Waals surface area contributed by atoms with Crippen molar-refractivity contribution >= 4 is 34.2 Å². The van der Waals surface area contributed by atoms with Crippen molar-refractivity contribution in [3.05, 3.63) is 59.1 Å². The van der Waals surface area contributed by atoms with Gasteiger partial charge in [0.2, 0.25) is 0 Å². The van der Waals surface area contributed by atoms with Crippen molar-refractivity contribution in [2.24, 2.45) is 5.16 Å². The van der Waals surface area contributed by atoms with Gasteiger partial charge in [0.1, 0.15) is 12.8 Å². The van der Waals surface area contributed by atoms with Gasteiger partial charge in [0, 0.05) is 10.6 Å². The van der Waals surface area contributed by atoms with Crippen LogP contribution in [-0.4, -0.2) is 32.7 Å². The predicted octanol–water partition coefficient (Wildman–Crippen LogP) is 3.37. The number of hydrogen-bond acceptors (Lipinski definition) is 7. The van der Waals surface area contributed by atoms with E-state index in [9.17, 15) is 0 Å². The van der Waals surface area contributed by atoms with Crippen LogP contribution >= 0.6 is 11.6 Å². The van der Waals surface area contributed by atoms with Crippen molar-refractivity contribution in [3.8, 4) is 11.5 Å². The van der Waals surface area contributed by atoms with Crippen LogP contribution in [0.25, 0.3) is 22.6 Å². The number of anilines is 1. The van der Waals surface area contributed by atoms with E-state index in [0.29, 0.717) is 28.8 Å². The van der Waals surface area contributed by atoms with Crippen LogP contribution < -0.4 is 5.73 Å². The van der Waals surface area contributed by atoms with E-state index in [4.69, 9.17) is 26.8 Å². The summed E-state index contributed by atoms with van der Waals surface area (Å²) in [5.74, 6) is 0.705. The lowest BCUT2D eigenvalue weighted by molar-refractivity contribution is 0.212. The Hall–Kier alpha value is -3.39. The maximum absolute atomic E-state index is 6.00. The van der Waals surface area contributed by atoms with Crippen molar-refractivity contribution in [3.63, 3.8) is 0 Å². The minimum Gasteiger partial charge on any atom is -0.399 e. The Morgan fingerprint density at radius 2 is 1.96 bits per heavy atom. The highest BCUT2D eigenvalue weighted by atomic mass is 35.5. The number of nitrogens with two attached hydrogens (primary N) is 1. The Kier molecular flexibility index (Phi) is 4.47. The average Bonchev–Trinajstić information content (AvgIpc) is 3.25. The highest BCUT2D eigenvalue weighted by molar-refractivity contribution is 6.30. The molecule has 0 aliphatic rings. The Morgan fingerprint density at radius 3 is 2.67 bits per heavy atom. The average molecular weight is 383 g/mol. The van der Waals surface area contributed by atoms with E-state index in [2.05, 4.69) is 20.5 Å². The number of nitrogen functional groups attached to an aromatic ring is 1. The molecule has 4 aromatic rings. The van der Waals surface area contributed by atoms with Crippen LogP contribution in [0, 0.1) is 0 Å². The second-order valence-corrected chi connectivity index (χ2v) is 6.17. The Morgan fingerprint density at radius 1 is 1.19 bits per heavy atom. The molecule has 4 rings (SSSR count). The highest BCUT2D eigenvalue weighted by Crippen LogP contribution is 2.27. The normalized spacial score (nSPS) is 11.9. The van der Waals surface area contributed by atoms with E-state index in [0.717, 1.165) is 16.6 Å². The second-order valence-electron chi connectivity index (χ2n) is 5.74. The largest absolute Gasteiger partial charge is 0.399 e. The lowest BCUT2D eigenvalue weighted by Gasteiger charge is -2.11. The smallest absolute Gasteiger partial charge is 0.199 e. The lowest BCUT2D eigenvalue weighted by Crippen LogP contribution is -2.13. The van der Waals surface area contributed by atoms with Crippen molar-refractivity contribution in [1.82, 2.24) is 19.9 Å². The number of hydrogen-bond donors (Lipinski definition) is 1. The van der Waals surface area contributed by atoms with Gasteiger partial charge in [-0.1, -0.05) is 41.0 Å². The van der Waals surface area contributed by atoms with Crippen LogP contribution in [0.4, 0.5) is 5.82 Å². The summed E-state index contributed by atoms with van der Waals surface area (Å²) in [6, 6.07) is 15.1. The summed E-state index contributed by atoms with van der Waals surface area (Å²) in [4.78, 5) is 9.69. The van der Waals surface area contributed by atoms with Crippen LogP contribution in [0.2, 0.25) is 5.02 Å². The molecule has 0 saturated heterocycles. The molecule has 0 aliphatic carbocycles. The van der Waals surface area contributed by atoms with Gasteiger partial charge in [-0.3, -0.25) is 0 Å². The molecule has 2 aromatic carbocycles. The molecule has 2 heterocycles. The van der Waals surface area contributed by atoms with E-state index < -0.39 is 0 Å². The molecule has 0 aliphatic heterocycles. The third-order valence-corrected chi connectivity index (χ3v) is 4.32. The third kappa shape index (κ3) is 3.22. The fourth-order valence-corrected chi connectivity index (χ4v) is 2.97. The molecule has 0 bridgehead atoms. The highest BCUT2D eigenvalue weighted by Gasteiger charge is 2.20. The summed E-state index contributed by atoms with van der Waals surface area (Å²) >= 11 is 6.00. The third-order valence-electron chi connectivity index (χ3n) is 4.07. The van der Waals surface area contributed by atoms with Gasteiger partial charge in [-0.2, -0.15) is 0 Å². The summed E-state index contributed by atoms with van der Waals surface area (Å²) < 4.78 is 6.70. The van der Waals surface area contributed by atoms with Crippen molar-refractivity contribution in [2.45, 2.75) is 6.54 Å². The Balaban J connectivity index is 1.85. The molecule has 2 aromatic heterocycles. The van der Waals surface area contributed by atoms with Gasteiger partial charge >= 0.3 is 0 Å². The lowest BCUT2D eigenvalue weighted by atomic mass is 10.1. The number of oxime groups is 1. The molecule has 0 atom stereocenters. The van der Waals surface area contributed by atoms with Gasteiger partial charge in [-0.15, -0.1) is 0 Å². The maximum Gasteiger partial charge on any atom is 0.199 e. The molecule has 0 saturated carbocycles. The molecule has 9 heteroatoms. The minimum atomic E-state index is 0.170. The SMILES string of the molecule is CON=C(Cn1c(-c2nonc2N)nc2ccccc21)c1ccc(Cl)cc1. The van der Waals surface area contributed by atoms with Crippen LogP contribution in [-0.2, 0) is 11.4 Å².